The first kappa shape index (κ1) is 33.2. The number of benzene rings is 9. The average Bonchev–Trinajstić information content (AvgIpc) is 3.69. The largest absolute Gasteiger partial charge is 0.456 e. The molecule has 2 atom stereocenters. The zero-order valence-corrected chi connectivity index (χ0v) is 32.8. The van der Waals surface area contributed by atoms with Gasteiger partial charge in [-0.1, -0.05) is 206 Å². The van der Waals surface area contributed by atoms with Gasteiger partial charge in [-0.2, -0.15) is 0 Å². The standard InChI is InChI=1S/C56H38OSi/c1-4-17-37(18-5-1)38-33-35-41(36-34-38)58(39-19-6-2-7-20-39,40-21-8-3-9-22-40)51-32-16-29-48-52-42-23-10-11-24-45(42)56(55(48)51)54-44(26-14-28-47(52)54)43-27-15-31-50-53(43)46-25-12-13-30-49(46)57-50/h1-36,52,56H. The normalized spacial score (nSPS) is 15.2. The minimum atomic E-state index is -2.96. The predicted molar refractivity (Wildman–Crippen MR) is 243 cm³/mol. The van der Waals surface area contributed by atoms with Crippen molar-refractivity contribution in [3.63, 3.8) is 0 Å². The maximum atomic E-state index is 6.49. The van der Waals surface area contributed by atoms with E-state index in [9.17, 15) is 0 Å². The van der Waals surface area contributed by atoms with Crippen molar-refractivity contribution in [1.29, 1.82) is 0 Å². The Hall–Kier alpha value is -7.00. The fourth-order valence-corrected chi connectivity index (χ4v) is 15.8. The van der Waals surface area contributed by atoms with Crippen molar-refractivity contribution in [3.8, 4) is 22.3 Å². The molecule has 2 bridgehead atoms. The summed E-state index contributed by atoms with van der Waals surface area (Å²) in [6.45, 7) is 0. The molecule has 0 fully saturated rings. The summed E-state index contributed by atoms with van der Waals surface area (Å²) in [7, 11) is -2.96. The van der Waals surface area contributed by atoms with Gasteiger partial charge in [-0.3, -0.25) is 0 Å². The molecule has 13 rings (SSSR count). The minimum absolute atomic E-state index is 0.0370. The molecule has 0 aliphatic heterocycles. The van der Waals surface area contributed by atoms with E-state index in [0.29, 0.717) is 0 Å². The highest BCUT2D eigenvalue weighted by molar-refractivity contribution is 7.20. The molecule has 58 heavy (non-hydrogen) atoms. The molecule has 3 aliphatic carbocycles. The van der Waals surface area contributed by atoms with Gasteiger partial charge in [0.25, 0.3) is 0 Å². The second-order valence-electron chi connectivity index (χ2n) is 15.8. The number of hydrogen-bond acceptors (Lipinski definition) is 1. The lowest BCUT2D eigenvalue weighted by atomic mass is 9.60. The van der Waals surface area contributed by atoms with Crippen LogP contribution in [-0.2, 0) is 0 Å². The molecular formula is C56H38OSi. The molecule has 1 heterocycles. The third-order valence-corrected chi connectivity index (χ3v) is 17.9. The summed E-state index contributed by atoms with van der Waals surface area (Å²) in [5.41, 5.74) is 15.4. The van der Waals surface area contributed by atoms with Gasteiger partial charge in [-0.25, -0.2) is 0 Å². The molecule has 0 N–H and O–H groups in total. The zero-order chi connectivity index (χ0) is 38.2. The summed E-state index contributed by atoms with van der Waals surface area (Å²) in [5, 5.41) is 7.97. The van der Waals surface area contributed by atoms with Crippen molar-refractivity contribution >= 4 is 50.8 Å². The molecule has 3 aliphatic rings. The first-order valence-electron chi connectivity index (χ1n) is 20.3. The maximum Gasteiger partial charge on any atom is 0.179 e. The molecule has 0 spiro atoms. The van der Waals surface area contributed by atoms with E-state index in [1.54, 1.807) is 0 Å². The van der Waals surface area contributed by atoms with Crippen LogP contribution in [0.5, 0.6) is 0 Å². The topological polar surface area (TPSA) is 13.1 Å². The minimum Gasteiger partial charge on any atom is -0.456 e. The number of para-hydroxylation sites is 1. The van der Waals surface area contributed by atoms with E-state index in [0.717, 1.165) is 16.6 Å². The van der Waals surface area contributed by atoms with Gasteiger partial charge in [-0.05, 0) is 88.5 Å². The maximum absolute atomic E-state index is 6.49. The van der Waals surface area contributed by atoms with E-state index in [-0.39, 0.29) is 11.8 Å². The van der Waals surface area contributed by atoms with E-state index in [2.05, 4.69) is 218 Å². The number of hydrogen-bond donors (Lipinski definition) is 0. The quantitative estimate of drug-likeness (QED) is 0.122. The van der Waals surface area contributed by atoms with Crippen molar-refractivity contribution in [2.45, 2.75) is 11.8 Å². The predicted octanol–water partition coefficient (Wildman–Crippen LogP) is 11.3. The smallest absolute Gasteiger partial charge is 0.179 e. The van der Waals surface area contributed by atoms with Crippen LogP contribution in [0, 0.1) is 0 Å². The van der Waals surface area contributed by atoms with E-state index < -0.39 is 8.07 Å². The van der Waals surface area contributed by atoms with E-state index >= 15 is 0 Å². The Bertz CT molecular complexity index is 3120. The molecule has 1 nitrogen and oxygen atoms in total. The van der Waals surface area contributed by atoms with Crippen LogP contribution in [0.3, 0.4) is 0 Å². The lowest BCUT2D eigenvalue weighted by molar-refractivity contribution is 0.669. The third-order valence-electron chi connectivity index (χ3n) is 13.0. The third kappa shape index (κ3) is 4.70. The van der Waals surface area contributed by atoms with Crippen molar-refractivity contribution in [1.82, 2.24) is 0 Å². The number of furan rings is 1. The van der Waals surface area contributed by atoms with E-state index in [1.165, 1.54) is 81.8 Å². The number of rotatable bonds is 6. The highest BCUT2D eigenvalue weighted by Crippen LogP contribution is 2.58. The Labute approximate surface area is 339 Å². The van der Waals surface area contributed by atoms with Crippen LogP contribution in [-0.4, -0.2) is 8.07 Å². The zero-order valence-electron chi connectivity index (χ0n) is 31.8. The molecule has 2 unspecified atom stereocenters. The molecular weight excluding hydrogens is 717 g/mol. The van der Waals surface area contributed by atoms with Crippen LogP contribution in [0.1, 0.15) is 45.2 Å². The molecule has 0 saturated carbocycles. The first-order chi connectivity index (χ1) is 28.8. The second kappa shape index (κ2) is 13.0. The van der Waals surface area contributed by atoms with Crippen molar-refractivity contribution in [3.05, 3.63) is 252 Å². The lowest BCUT2D eigenvalue weighted by Crippen LogP contribution is -2.75. The van der Waals surface area contributed by atoms with Gasteiger partial charge < -0.3 is 4.42 Å². The fourth-order valence-electron chi connectivity index (χ4n) is 10.8. The van der Waals surface area contributed by atoms with Crippen LogP contribution in [0.4, 0.5) is 0 Å². The van der Waals surface area contributed by atoms with Crippen LogP contribution in [0.15, 0.2) is 223 Å². The van der Waals surface area contributed by atoms with Crippen LogP contribution < -0.4 is 20.7 Å². The van der Waals surface area contributed by atoms with Crippen molar-refractivity contribution in [2.24, 2.45) is 0 Å². The SMILES string of the molecule is c1ccc(-c2ccc([Si](c3ccccc3)(c3ccccc3)c3cccc4c3C3c5ccccc5C4c4cccc(-c5cccc6oc7ccccc7c56)c43)cc2)cc1. The van der Waals surface area contributed by atoms with Crippen LogP contribution in [0.2, 0.25) is 0 Å². The van der Waals surface area contributed by atoms with Gasteiger partial charge in [0.05, 0.1) is 0 Å². The van der Waals surface area contributed by atoms with Gasteiger partial charge in [-0.15, -0.1) is 0 Å². The summed E-state index contributed by atoms with van der Waals surface area (Å²) in [5.74, 6) is 0.153. The highest BCUT2D eigenvalue weighted by Gasteiger charge is 2.49. The fraction of sp³-hybridized carbons (Fsp3) is 0.0357. The molecule has 2 heteroatoms. The first-order valence-corrected chi connectivity index (χ1v) is 22.3. The average molecular weight is 755 g/mol. The molecule has 272 valence electrons. The van der Waals surface area contributed by atoms with E-state index in [4.69, 9.17) is 4.42 Å². The highest BCUT2D eigenvalue weighted by atomic mass is 28.3. The summed E-state index contributed by atoms with van der Waals surface area (Å²) >= 11 is 0. The van der Waals surface area contributed by atoms with Crippen molar-refractivity contribution in [2.75, 3.05) is 0 Å². The van der Waals surface area contributed by atoms with Crippen LogP contribution in [0.25, 0.3) is 44.2 Å². The molecule has 0 saturated heterocycles. The lowest BCUT2D eigenvalue weighted by Gasteiger charge is -2.47. The molecule has 9 aromatic carbocycles. The Kier molecular flexibility index (Phi) is 7.45. The van der Waals surface area contributed by atoms with Crippen LogP contribution >= 0.6 is 0 Å². The number of fused-ring (bicyclic) bond motifs is 3. The Morgan fingerprint density at radius 3 is 1.55 bits per heavy atom. The van der Waals surface area contributed by atoms with Gasteiger partial charge in [0.1, 0.15) is 11.2 Å². The summed E-state index contributed by atoms with van der Waals surface area (Å²) in [6, 6.07) is 81.8. The molecule has 0 amide bonds. The van der Waals surface area contributed by atoms with Gasteiger partial charge in [0.2, 0.25) is 0 Å². The summed E-state index contributed by atoms with van der Waals surface area (Å²) in [4.78, 5) is 0. The van der Waals surface area contributed by atoms with Gasteiger partial charge in [0, 0.05) is 22.6 Å². The molecule has 10 aromatic rings. The second-order valence-corrected chi connectivity index (χ2v) is 19.6. The monoisotopic (exact) mass is 754 g/mol. The summed E-state index contributed by atoms with van der Waals surface area (Å²) < 4.78 is 6.49. The van der Waals surface area contributed by atoms with Gasteiger partial charge >= 0.3 is 0 Å². The van der Waals surface area contributed by atoms with Crippen molar-refractivity contribution < 1.29 is 4.42 Å². The van der Waals surface area contributed by atoms with Gasteiger partial charge in [0.15, 0.2) is 8.07 Å². The molecule has 0 radical (unpaired) electrons. The summed E-state index contributed by atoms with van der Waals surface area (Å²) in [6.07, 6.45) is 0. The molecule has 1 aromatic heterocycles. The Balaban J connectivity index is 1.18. The Morgan fingerprint density at radius 2 is 0.828 bits per heavy atom. The van der Waals surface area contributed by atoms with E-state index in [1.807, 2.05) is 0 Å². The Morgan fingerprint density at radius 1 is 0.328 bits per heavy atom.